The maximum Gasteiger partial charge on any atom is 0.461 e. The van der Waals surface area contributed by atoms with Crippen molar-refractivity contribution in [3.63, 3.8) is 0 Å². The van der Waals surface area contributed by atoms with Gasteiger partial charge in [0.2, 0.25) is 0 Å². The molecule has 0 aliphatic heterocycles. The summed E-state index contributed by atoms with van der Waals surface area (Å²) in [5, 5.41) is 7.01. The number of thiocarbonyl (C=S) groups is 3. The summed E-state index contributed by atoms with van der Waals surface area (Å²) in [4.78, 5) is 0. The lowest BCUT2D eigenvalue weighted by atomic mass is 10.1. The second-order valence-electron chi connectivity index (χ2n) is 5.32. The highest BCUT2D eigenvalue weighted by atomic mass is 79.9. The van der Waals surface area contributed by atoms with E-state index in [1.54, 1.807) is 0 Å². The Labute approximate surface area is 183 Å². The molecule has 2 aromatic carbocycles. The highest BCUT2D eigenvalue weighted by Gasteiger charge is 2.34. The molecule has 2 aromatic rings. The van der Waals surface area contributed by atoms with Gasteiger partial charge in [0.05, 0.1) is 26.6 Å². The summed E-state index contributed by atoms with van der Waals surface area (Å²) < 4.78 is 19.3. The van der Waals surface area contributed by atoms with Crippen molar-refractivity contribution in [2.75, 3.05) is 6.61 Å². The van der Waals surface area contributed by atoms with Crippen molar-refractivity contribution in [1.82, 2.24) is 0 Å². The average molecular weight is 493 g/mol. The van der Waals surface area contributed by atoms with Crippen LogP contribution in [0.5, 0.6) is 5.75 Å². The number of para-hydroxylation sites is 1. The van der Waals surface area contributed by atoms with Crippen LogP contribution in [0.25, 0.3) is 11.1 Å². The molecule has 0 heterocycles. The number of halogens is 1. The fourth-order valence-corrected chi connectivity index (χ4v) is 5.79. The number of nitrogens with zero attached hydrogens (tertiary/aromatic N) is 3. The second-order valence-corrected chi connectivity index (χ2v) is 9.44. The second kappa shape index (κ2) is 11.2. The molecule has 0 spiro atoms. The van der Waals surface area contributed by atoms with Crippen LogP contribution in [0.3, 0.4) is 0 Å². The molecule has 0 amide bonds. The van der Waals surface area contributed by atoms with Crippen molar-refractivity contribution in [3.05, 3.63) is 53.0 Å². The van der Waals surface area contributed by atoms with E-state index in [0.717, 1.165) is 21.3 Å². The molecule has 0 fully saturated rings. The minimum absolute atomic E-state index is 0.448. The van der Waals surface area contributed by atoms with E-state index in [1.165, 1.54) is 0 Å². The van der Waals surface area contributed by atoms with Gasteiger partial charge < -0.3 is 4.74 Å². The number of benzene rings is 2. The van der Waals surface area contributed by atoms with Gasteiger partial charge in [0.15, 0.2) is 0 Å². The van der Waals surface area contributed by atoms with E-state index in [9.17, 15) is 0 Å². The fourth-order valence-electron chi connectivity index (χ4n) is 2.45. The minimum Gasteiger partial charge on any atom is -0.492 e. The van der Waals surface area contributed by atoms with Crippen molar-refractivity contribution in [1.29, 1.82) is 0 Å². The largest absolute Gasteiger partial charge is 0.492 e. The van der Waals surface area contributed by atoms with Crippen LogP contribution in [-0.4, -0.2) is 30.6 Å². The monoisotopic (exact) mass is 491 g/mol. The van der Waals surface area contributed by atoms with Crippen LogP contribution in [0.4, 0.5) is 0 Å². The molecule has 136 valence electrons. The lowest BCUT2D eigenvalue weighted by Crippen LogP contribution is -2.28. The quantitative estimate of drug-likeness (QED) is 0.183. The van der Waals surface area contributed by atoms with Crippen LogP contribution in [0.1, 0.15) is 6.42 Å². The Bertz CT molecular complexity index is 893. The predicted molar refractivity (Wildman–Crippen MR) is 125 cm³/mol. The summed E-state index contributed by atoms with van der Waals surface area (Å²) in [5.41, 5.74) is 2.10. The molecule has 0 saturated heterocycles. The third-order valence-electron chi connectivity index (χ3n) is 3.63. The molecular weight excluding hydrogens is 478 g/mol. The van der Waals surface area contributed by atoms with Crippen LogP contribution in [-0.2, 0) is 0 Å². The zero-order valence-electron chi connectivity index (χ0n) is 14.1. The van der Waals surface area contributed by atoms with Crippen LogP contribution in [0, 0.1) is 0 Å². The standard InChI is InChI=1S/C18H14BrN3OS3Si/c19-17-9-4-8-16(15-6-2-1-3-7-15)18(17)23-10-5-11-27(20-12-24,21-13-25)22-14-26/h1-4,6-9H,5,10-11H2. The Morgan fingerprint density at radius 1 is 0.889 bits per heavy atom. The Balaban J connectivity index is 2.15. The summed E-state index contributed by atoms with van der Waals surface area (Å²) in [6.07, 6.45) is 0.642. The Morgan fingerprint density at radius 2 is 1.52 bits per heavy atom. The zero-order chi connectivity index (χ0) is 19.5. The molecule has 0 atom stereocenters. The lowest BCUT2D eigenvalue weighted by Gasteiger charge is -2.15. The molecule has 2 rings (SSSR count). The van der Waals surface area contributed by atoms with Gasteiger partial charge in [0, 0.05) is 11.6 Å². The summed E-state index contributed by atoms with van der Waals surface area (Å²) in [6.45, 7) is 0.448. The molecule has 9 heteroatoms. The van der Waals surface area contributed by atoms with Crippen LogP contribution in [0.15, 0.2) is 67.0 Å². The molecule has 0 aliphatic carbocycles. The van der Waals surface area contributed by atoms with Gasteiger partial charge in [-0.2, -0.15) is 0 Å². The van der Waals surface area contributed by atoms with Gasteiger partial charge in [-0.3, -0.25) is 0 Å². The number of isothiocyanates is 3. The first-order valence-corrected chi connectivity index (χ1v) is 12.0. The first-order valence-electron chi connectivity index (χ1n) is 7.89. The topological polar surface area (TPSA) is 46.3 Å². The third-order valence-corrected chi connectivity index (χ3v) is 7.45. The summed E-state index contributed by atoms with van der Waals surface area (Å²) >= 11 is 17.7. The van der Waals surface area contributed by atoms with Gasteiger partial charge in [0.1, 0.15) is 5.75 Å². The molecule has 0 saturated carbocycles. The SMILES string of the molecule is S=C=N[Si](CCCOc1c(Br)cccc1-c1ccccc1)(N=C=S)N=C=S. The van der Waals surface area contributed by atoms with Crippen LogP contribution >= 0.6 is 52.6 Å². The molecule has 0 aromatic heterocycles. The van der Waals surface area contributed by atoms with Crippen molar-refractivity contribution in [2.45, 2.75) is 12.5 Å². The Hall–Kier alpha value is -1.66. The maximum absolute atomic E-state index is 6.06. The number of hydrogen-bond acceptors (Lipinski definition) is 7. The van der Waals surface area contributed by atoms with Gasteiger partial charge in [0.25, 0.3) is 0 Å². The van der Waals surface area contributed by atoms with Gasteiger partial charge in [-0.1, -0.05) is 42.5 Å². The van der Waals surface area contributed by atoms with Gasteiger partial charge >= 0.3 is 8.56 Å². The first kappa shape index (κ1) is 21.6. The lowest BCUT2D eigenvalue weighted by molar-refractivity contribution is 0.316. The predicted octanol–water partition coefficient (Wildman–Crippen LogP) is 6.13. The smallest absolute Gasteiger partial charge is 0.461 e. The minimum atomic E-state index is -2.89. The van der Waals surface area contributed by atoms with Crippen molar-refractivity contribution in [2.24, 2.45) is 14.0 Å². The first-order chi connectivity index (χ1) is 13.2. The van der Waals surface area contributed by atoms with Gasteiger partial charge in [-0.15, -0.1) is 0 Å². The number of ether oxygens (including phenoxy) is 1. The van der Waals surface area contributed by atoms with E-state index in [4.69, 9.17) is 41.4 Å². The third kappa shape index (κ3) is 6.18. The molecular formula is C18H14BrN3OS3Si. The van der Waals surface area contributed by atoms with E-state index < -0.39 is 8.56 Å². The van der Waals surface area contributed by atoms with E-state index in [-0.39, 0.29) is 0 Å². The maximum atomic E-state index is 6.06. The molecule has 4 nitrogen and oxygen atoms in total. The molecule has 0 unspecified atom stereocenters. The van der Waals surface area contributed by atoms with Gasteiger partial charge in [-0.05, 0) is 70.6 Å². The fraction of sp³-hybridized carbons (Fsp3) is 0.167. The van der Waals surface area contributed by atoms with Gasteiger partial charge in [-0.25, -0.2) is 14.0 Å². The van der Waals surface area contributed by atoms with Crippen molar-refractivity contribution >= 4 is 76.6 Å². The Kier molecular flexibility index (Phi) is 9.01. The normalized spacial score (nSPS) is 11.9. The molecule has 0 radical (unpaired) electrons. The molecule has 0 aliphatic rings. The van der Waals surface area contributed by atoms with E-state index >= 15 is 0 Å². The number of hydrogen-bond donors (Lipinski definition) is 0. The van der Waals surface area contributed by atoms with Crippen LogP contribution in [0.2, 0.25) is 6.04 Å². The summed E-state index contributed by atoms with van der Waals surface area (Å²) in [6, 6.07) is 16.5. The highest BCUT2D eigenvalue weighted by Crippen LogP contribution is 2.36. The van der Waals surface area contributed by atoms with E-state index in [2.05, 4.69) is 45.4 Å². The average Bonchev–Trinajstić information content (AvgIpc) is 2.67. The summed E-state index contributed by atoms with van der Waals surface area (Å²) in [5.74, 6) is 0.783. The summed E-state index contributed by atoms with van der Waals surface area (Å²) in [7, 11) is -2.89. The Morgan fingerprint density at radius 3 is 2.11 bits per heavy atom. The van der Waals surface area contributed by atoms with E-state index in [1.807, 2.05) is 48.5 Å². The van der Waals surface area contributed by atoms with Crippen molar-refractivity contribution < 1.29 is 4.74 Å². The van der Waals surface area contributed by atoms with E-state index in [0.29, 0.717) is 19.1 Å². The molecule has 27 heavy (non-hydrogen) atoms. The highest BCUT2D eigenvalue weighted by molar-refractivity contribution is 9.10. The van der Waals surface area contributed by atoms with Crippen LogP contribution < -0.4 is 4.74 Å². The molecule has 0 bridgehead atoms. The van der Waals surface area contributed by atoms with Crippen molar-refractivity contribution in [3.8, 4) is 16.9 Å². The number of rotatable bonds is 9. The molecule has 0 N–H and O–H groups in total. The zero-order valence-corrected chi connectivity index (χ0v) is 19.1.